The molecule has 1 amide bonds. The molecule has 0 spiro atoms. The SMILES string of the molecule is CCC[C@H](C#N)NC(=O)CCc1cc(F)ccc1F. The second kappa shape index (κ2) is 7.47. The van der Waals surface area contributed by atoms with Crippen LogP contribution in [0.25, 0.3) is 0 Å². The number of aryl methyl sites for hydroxylation is 1. The van der Waals surface area contributed by atoms with Gasteiger partial charge in [0.15, 0.2) is 0 Å². The summed E-state index contributed by atoms with van der Waals surface area (Å²) in [6.45, 7) is 1.92. The Balaban J connectivity index is 2.50. The maximum absolute atomic E-state index is 13.3. The molecule has 0 unspecified atom stereocenters. The first-order chi connectivity index (χ1) is 9.06. The summed E-state index contributed by atoms with van der Waals surface area (Å²) in [5.74, 6) is -1.39. The van der Waals surface area contributed by atoms with Crippen LogP contribution in [-0.4, -0.2) is 11.9 Å². The molecule has 1 atom stereocenters. The average molecular weight is 266 g/mol. The van der Waals surface area contributed by atoms with Crippen molar-refractivity contribution in [2.45, 2.75) is 38.6 Å². The monoisotopic (exact) mass is 266 g/mol. The minimum atomic E-state index is -0.530. The third kappa shape index (κ3) is 5.04. The number of carbonyl (C=O) groups is 1. The van der Waals surface area contributed by atoms with Crippen molar-refractivity contribution in [2.24, 2.45) is 0 Å². The second-order valence-corrected chi connectivity index (χ2v) is 4.27. The summed E-state index contributed by atoms with van der Waals surface area (Å²) >= 11 is 0. The van der Waals surface area contributed by atoms with E-state index in [1.807, 2.05) is 13.0 Å². The van der Waals surface area contributed by atoms with Gasteiger partial charge in [-0.15, -0.1) is 0 Å². The molecule has 0 radical (unpaired) electrons. The van der Waals surface area contributed by atoms with Gasteiger partial charge in [0, 0.05) is 6.42 Å². The highest BCUT2D eigenvalue weighted by molar-refractivity contribution is 5.76. The molecule has 3 nitrogen and oxygen atoms in total. The topological polar surface area (TPSA) is 52.9 Å². The highest BCUT2D eigenvalue weighted by Crippen LogP contribution is 2.11. The fourth-order valence-electron chi connectivity index (χ4n) is 1.71. The molecule has 1 rings (SSSR count). The van der Waals surface area contributed by atoms with Gasteiger partial charge in [-0.05, 0) is 36.6 Å². The van der Waals surface area contributed by atoms with E-state index in [4.69, 9.17) is 5.26 Å². The van der Waals surface area contributed by atoms with Crippen LogP contribution in [0.2, 0.25) is 0 Å². The van der Waals surface area contributed by atoms with E-state index in [0.717, 1.165) is 24.6 Å². The molecule has 0 aliphatic heterocycles. The Morgan fingerprint density at radius 1 is 1.47 bits per heavy atom. The fourth-order valence-corrected chi connectivity index (χ4v) is 1.71. The number of carbonyl (C=O) groups excluding carboxylic acids is 1. The predicted molar refractivity (Wildman–Crippen MR) is 67.1 cm³/mol. The number of benzene rings is 1. The first kappa shape index (κ1) is 15.1. The summed E-state index contributed by atoms with van der Waals surface area (Å²) in [6.07, 6.45) is 1.51. The standard InChI is InChI=1S/C14H16F2N2O/c1-2-3-12(9-17)18-14(19)7-4-10-8-11(15)5-6-13(10)16/h5-6,8,12H,2-4,7H2,1H3,(H,18,19)/t12-/m1/s1. The van der Waals surface area contributed by atoms with Crippen LogP contribution in [0.1, 0.15) is 31.7 Å². The number of rotatable bonds is 6. The minimum Gasteiger partial charge on any atom is -0.340 e. The lowest BCUT2D eigenvalue weighted by molar-refractivity contribution is -0.121. The molecule has 0 fully saturated rings. The van der Waals surface area contributed by atoms with Crippen LogP contribution in [0.5, 0.6) is 0 Å². The molecule has 0 bridgehead atoms. The Morgan fingerprint density at radius 3 is 2.84 bits per heavy atom. The second-order valence-electron chi connectivity index (χ2n) is 4.27. The van der Waals surface area contributed by atoms with Gasteiger partial charge in [0.05, 0.1) is 6.07 Å². The maximum Gasteiger partial charge on any atom is 0.221 e. The molecular formula is C14H16F2N2O. The molecule has 19 heavy (non-hydrogen) atoms. The summed E-state index contributed by atoms with van der Waals surface area (Å²) in [4.78, 5) is 11.6. The zero-order valence-electron chi connectivity index (χ0n) is 10.7. The molecule has 0 aliphatic rings. The number of hydrogen-bond donors (Lipinski definition) is 1. The highest BCUT2D eigenvalue weighted by atomic mass is 19.1. The first-order valence-corrected chi connectivity index (χ1v) is 6.19. The summed E-state index contributed by atoms with van der Waals surface area (Å²) in [5, 5.41) is 11.4. The summed E-state index contributed by atoms with van der Waals surface area (Å²) in [7, 11) is 0. The molecular weight excluding hydrogens is 250 g/mol. The molecule has 5 heteroatoms. The predicted octanol–water partition coefficient (Wildman–Crippen LogP) is 2.71. The van der Waals surface area contributed by atoms with Gasteiger partial charge in [-0.3, -0.25) is 4.79 Å². The number of hydrogen-bond acceptors (Lipinski definition) is 2. The largest absolute Gasteiger partial charge is 0.340 e. The number of nitrogens with one attached hydrogen (secondary N) is 1. The zero-order valence-corrected chi connectivity index (χ0v) is 10.7. The van der Waals surface area contributed by atoms with E-state index < -0.39 is 17.7 Å². The number of nitrogens with zero attached hydrogens (tertiary/aromatic N) is 1. The summed E-state index contributed by atoms with van der Waals surface area (Å²) in [6, 6.07) is 4.62. The molecule has 1 aromatic rings. The Hall–Kier alpha value is -1.96. The number of halogens is 2. The van der Waals surface area contributed by atoms with Crippen LogP contribution in [0.4, 0.5) is 8.78 Å². The Morgan fingerprint density at radius 2 is 2.21 bits per heavy atom. The van der Waals surface area contributed by atoms with Gasteiger partial charge < -0.3 is 5.32 Å². The molecule has 0 aromatic heterocycles. The zero-order chi connectivity index (χ0) is 14.3. The third-order valence-electron chi connectivity index (χ3n) is 2.70. The van der Waals surface area contributed by atoms with Gasteiger partial charge in [-0.25, -0.2) is 8.78 Å². The molecule has 0 saturated carbocycles. The molecule has 1 N–H and O–H groups in total. The lowest BCUT2D eigenvalue weighted by Gasteiger charge is -2.10. The van der Waals surface area contributed by atoms with Gasteiger partial charge in [-0.2, -0.15) is 5.26 Å². The maximum atomic E-state index is 13.3. The van der Waals surface area contributed by atoms with E-state index in [1.165, 1.54) is 0 Å². The van der Waals surface area contributed by atoms with Crippen LogP contribution < -0.4 is 5.32 Å². The van der Waals surface area contributed by atoms with E-state index in [0.29, 0.717) is 6.42 Å². The summed E-state index contributed by atoms with van der Waals surface area (Å²) in [5.41, 5.74) is 0.166. The first-order valence-electron chi connectivity index (χ1n) is 6.19. The highest BCUT2D eigenvalue weighted by Gasteiger charge is 2.11. The van der Waals surface area contributed by atoms with E-state index in [-0.39, 0.29) is 24.3 Å². The van der Waals surface area contributed by atoms with Gasteiger partial charge in [0.25, 0.3) is 0 Å². The molecule has 0 heterocycles. The van der Waals surface area contributed by atoms with Gasteiger partial charge in [0.2, 0.25) is 5.91 Å². The van der Waals surface area contributed by atoms with Gasteiger partial charge in [-0.1, -0.05) is 13.3 Å². The van der Waals surface area contributed by atoms with Crippen molar-refractivity contribution >= 4 is 5.91 Å². The fraction of sp³-hybridized carbons (Fsp3) is 0.429. The lowest BCUT2D eigenvalue weighted by atomic mass is 10.1. The van der Waals surface area contributed by atoms with Crippen LogP contribution in [0.3, 0.4) is 0 Å². The van der Waals surface area contributed by atoms with Crippen molar-refractivity contribution < 1.29 is 13.6 Å². The quantitative estimate of drug-likeness (QED) is 0.860. The lowest BCUT2D eigenvalue weighted by Crippen LogP contribution is -2.33. The normalized spacial score (nSPS) is 11.7. The van der Waals surface area contributed by atoms with E-state index >= 15 is 0 Å². The summed E-state index contributed by atoms with van der Waals surface area (Å²) < 4.78 is 26.2. The van der Waals surface area contributed by atoms with Crippen molar-refractivity contribution in [3.63, 3.8) is 0 Å². The van der Waals surface area contributed by atoms with Crippen molar-refractivity contribution in [3.05, 3.63) is 35.4 Å². The average Bonchev–Trinajstić information content (AvgIpc) is 2.39. The van der Waals surface area contributed by atoms with Crippen LogP contribution in [0, 0.1) is 23.0 Å². The van der Waals surface area contributed by atoms with Crippen LogP contribution in [-0.2, 0) is 11.2 Å². The van der Waals surface area contributed by atoms with Gasteiger partial charge >= 0.3 is 0 Å². The van der Waals surface area contributed by atoms with Crippen molar-refractivity contribution in [1.82, 2.24) is 5.32 Å². The Kier molecular flexibility index (Phi) is 5.94. The van der Waals surface area contributed by atoms with Gasteiger partial charge in [0.1, 0.15) is 17.7 Å². The minimum absolute atomic E-state index is 0.0300. The van der Waals surface area contributed by atoms with Crippen molar-refractivity contribution in [2.75, 3.05) is 0 Å². The van der Waals surface area contributed by atoms with Crippen molar-refractivity contribution in [1.29, 1.82) is 5.26 Å². The molecule has 0 aliphatic carbocycles. The number of amides is 1. The molecule has 1 aromatic carbocycles. The van der Waals surface area contributed by atoms with E-state index in [1.54, 1.807) is 0 Å². The molecule has 0 saturated heterocycles. The third-order valence-corrected chi connectivity index (χ3v) is 2.70. The van der Waals surface area contributed by atoms with E-state index in [2.05, 4.69) is 5.32 Å². The Bertz CT molecular complexity index is 483. The number of nitriles is 1. The van der Waals surface area contributed by atoms with Crippen LogP contribution in [0.15, 0.2) is 18.2 Å². The van der Waals surface area contributed by atoms with Crippen LogP contribution >= 0.6 is 0 Å². The van der Waals surface area contributed by atoms with E-state index in [9.17, 15) is 13.6 Å². The Labute approximate surface area is 111 Å². The van der Waals surface area contributed by atoms with Crippen molar-refractivity contribution in [3.8, 4) is 6.07 Å². The smallest absolute Gasteiger partial charge is 0.221 e. The molecule has 102 valence electrons.